The van der Waals surface area contributed by atoms with Crippen molar-refractivity contribution in [3.05, 3.63) is 35.4 Å². The zero-order valence-corrected chi connectivity index (χ0v) is 12.3. The van der Waals surface area contributed by atoms with Crippen LogP contribution in [0.25, 0.3) is 0 Å². The Labute approximate surface area is 122 Å². The molecule has 1 N–H and O–H groups in total. The maximum atomic E-state index is 13.1. The van der Waals surface area contributed by atoms with Crippen molar-refractivity contribution in [3.8, 4) is 0 Å². The van der Waals surface area contributed by atoms with E-state index < -0.39 is 16.9 Å². The molecular weight excluding hydrogens is 304 g/mol. The van der Waals surface area contributed by atoms with E-state index in [1.807, 2.05) is 0 Å². The molecule has 4 nitrogen and oxygen atoms in total. The number of aromatic nitrogens is 2. The highest BCUT2D eigenvalue weighted by Gasteiger charge is 2.19. The zero-order valence-electron chi connectivity index (χ0n) is 10.7. The van der Waals surface area contributed by atoms with Crippen molar-refractivity contribution in [2.75, 3.05) is 12.4 Å². The minimum Gasteiger partial charge on any atom is -0.363 e. The summed E-state index contributed by atoms with van der Waals surface area (Å²) in [6.07, 6.45) is 0. The first-order valence-corrected chi connectivity index (χ1v) is 7.38. The van der Waals surface area contributed by atoms with E-state index in [9.17, 15) is 13.6 Å². The molecule has 0 aliphatic heterocycles. The van der Waals surface area contributed by atoms with Crippen LogP contribution < -0.4 is 5.32 Å². The molecule has 0 aliphatic rings. The second-order valence-electron chi connectivity index (χ2n) is 3.88. The van der Waals surface area contributed by atoms with Gasteiger partial charge < -0.3 is 5.32 Å². The van der Waals surface area contributed by atoms with Gasteiger partial charge in [-0.1, -0.05) is 23.1 Å². The molecule has 0 bridgehead atoms. The van der Waals surface area contributed by atoms with Gasteiger partial charge >= 0.3 is 0 Å². The number of rotatable bonds is 5. The quantitative estimate of drug-likeness (QED) is 0.678. The monoisotopic (exact) mass is 315 g/mol. The van der Waals surface area contributed by atoms with E-state index in [0.717, 1.165) is 12.1 Å². The van der Waals surface area contributed by atoms with Gasteiger partial charge in [0.05, 0.1) is 5.25 Å². The van der Waals surface area contributed by atoms with E-state index in [1.54, 1.807) is 14.0 Å². The predicted octanol–water partition coefficient (Wildman–Crippen LogP) is 3.22. The topological polar surface area (TPSA) is 54.9 Å². The van der Waals surface area contributed by atoms with E-state index >= 15 is 0 Å². The van der Waals surface area contributed by atoms with Crippen molar-refractivity contribution in [1.29, 1.82) is 0 Å². The number of benzene rings is 1. The highest BCUT2D eigenvalue weighted by molar-refractivity contribution is 8.02. The Hall–Kier alpha value is -1.54. The van der Waals surface area contributed by atoms with Gasteiger partial charge in [-0.05, 0) is 25.1 Å². The number of hydrogen-bond donors (Lipinski definition) is 1. The Morgan fingerprint density at radius 3 is 2.70 bits per heavy atom. The molecule has 0 radical (unpaired) electrons. The zero-order chi connectivity index (χ0) is 14.7. The molecule has 1 aromatic heterocycles. The third-order valence-electron chi connectivity index (χ3n) is 2.47. The van der Waals surface area contributed by atoms with Gasteiger partial charge in [0.1, 0.15) is 0 Å². The van der Waals surface area contributed by atoms with Crippen molar-refractivity contribution in [1.82, 2.24) is 10.2 Å². The van der Waals surface area contributed by atoms with Crippen LogP contribution in [0, 0.1) is 11.6 Å². The summed E-state index contributed by atoms with van der Waals surface area (Å²) < 4.78 is 26.6. The van der Waals surface area contributed by atoms with Gasteiger partial charge in [-0.25, -0.2) is 8.78 Å². The van der Waals surface area contributed by atoms with Crippen molar-refractivity contribution in [2.24, 2.45) is 0 Å². The van der Waals surface area contributed by atoms with Crippen LogP contribution in [0.1, 0.15) is 17.3 Å². The van der Waals surface area contributed by atoms with E-state index in [0.29, 0.717) is 9.47 Å². The molecular formula is C12H11F2N3OS2. The number of anilines is 1. The molecule has 1 heterocycles. The second-order valence-corrected chi connectivity index (χ2v) is 6.44. The number of carbonyl (C=O) groups is 1. The Bertz CT molecular complexity index is 633. The van der Waals surface area contributed by atoms with Crippen molar-refractivity contribution in [3.63, 3.8) is 0 Å². The molecule has 0 unspecified atom stereocenters. The lowest BCUT2D eigenvalue weighted by Crippen LogP contribution is -2.13. The molecule has 0 amide bonds. The Kier molecular flexibility index (Phi) is 4.66. The highest BCUT2D eigenvalue weighted by Crippen LogP contribution is 2.30. The summed E-state index contributed by atoms with van der Waals surface area (Å²) in [5.74, 6) is -2.28. The number of halogens is 2. The van der Waals surface area contributed by atoms with E-state index in [-0.39, 0.29) is 11.3 Å². The molecule has 0 aliphatic carbocycles. The van der Waals surface area contributed by atoms with Gasteiger partial charge in [0, 0.05) is 12.6 Å². The standard InChI is InChI=1S/C12H11F2N3OS2/c1-6(19-12-17-16-11(15-2)20-12)10(18)7-3-4-8(13)9(14)5-7/h3-6H,1-2H3,(H,15,16)/t6-/m1/s1. The van der Waals surface area contributed by atoms with Crippen LogP contribution in [0.4, 0.5) is 13.9 Å². The number of thioether (sulfide) groups is 1. The first-order chi connectivity index (χ1) is 9.51. The fourth-order valence-electron chi connectivity index (χ4n) is 1.45. The minimum atomic E-state index is -1.03. The number of nitrogens with one attached hydrogen (secondary N) is 1. The Morgan fingerprint density at radius 1 is 1.35 bits per heavy atom. The minimum absolute atomic E-state index is 0.141. The van der Waals surface area contributed by atoms with Gasteiger partial charge in [0.2, 0.25) is 5.13 Å². The first-order valence-electron chi connectivity index (χ1n) is 5.68. The number of ketones is 1. The third kappa shape index (κ3) is 3.31. The van der Waals surface area contributed by atoms with Crippen LogP contribution in [0.15, 0.2) is 22.5 Å². The molecule has 20 heavy (non-hydrogen) atoms. The number of nitrogens with zero attached hydrogens (tertiary/aromatic N) is 2. The number of hydrogen-bond acceptors (Lipinski definition) is 6. The summed E-state index contributed by atoms with van der Waals surface area (Å²) in [5, 5.41) is 10.8. The fourth-order valence-corrected chi connectivity index (χ4v) is 3.37. The highest BCUT2D eigenvalue weighted by atomic mass is 32.2. The van der Waals surface area contributed by atoms with E-state index in [4.69, 9.17) is 0 Å². The summed E-state index contributed by atoms with van der Waals surface area (Å²) in [4.78, 5) is 12.1. The van der Waals surface area contributed by atoms with Crippen molar-refractivity contribution >= 4 is 34.0 Å². The summed E-state index contributed by atoms with van der Waals surface area (Å²) in [7, 11) is 1.73. The van der Waals surface area contributed by atoms with Crippen LogP contribution in [0.2, 0.25) is 0 Å². The van der Waals surface area contributed by atoms with Gasteiger partial charge in [-0.3, -0.25) is 4.79 Å². The first kappa shape index (κ1) is 14.9. The summed E-state index contributed by atoms with van der Waals surface area (Å²) in [5.41, 5.74) is 0.141. The SMILES string of the molecule is CNc1nnc(S[C@H](C)C(=O)c2ccc(F)c(F)c2)s1. The third-order valence-corrected chi connectivity index (χ3v) is 4.60. The molecule has 0 saturated carbocycles. The Balaban J connectivity index is 2.09. The summed E-state index contributed by atoms with van der Waals surface area (Å²) in [6.45, 7) is 1.69. The van der Waals surface area contributed by atoms with Gasteiger partial charge in [-0.2, -0.15) is 0 Å². The summed E-state index contributed by atoms with van der Waals surface area (Å²) in [6, 6.07) is 3.13. The molecule has 0 spiro atoms. The lowest BCUT2D eigenvalue weighted by atomic mass is 10.1. The molecule has 0 saturated heterocycles. The fraction of sp³-hybridized carbons (Fsp3) is 0.250. The van der Waals surface area contributed by atoms with E-state index in [1.165, 1.54) is 29.2 Å². The van der Waals surface area contributed by atoms with Crippen LogP contribution in [-0.2, 0) is 0 Å². The molecule has 2 aromatic rings. The van der Waals surface area contributed by atoms with Crippen LogP contribution >= 0.6 is 23.1 Å². The van der Waals surface area contributed by atoms with Crippen molar-refractivity contribution < 1.29 is 13.6 Å². The molecule has 0 fully saturated rings. The second kappa shape index (κ2) is 6.27. The molecule has 106 valence electrons. The van der Waals surface area contributed by atoms with Gasteiger partial charge in [-0.15, -0.1) is 10.2 Å². The number of carbonyl (C=O) groups excluding carboxylic acids is 1. The van der Waals surface area contributed by atoms with Crippen LogP contribution in [0.5, 0.6) is 0 Å². The molecule has 1 aromatic carbocycles. The Morgan fingerprint density at radius 2 is 2.10 bits per heavy atom. The molecule has 2 rings (SSSR count). The molecule has 8 heteroatoms. The summed E-state index contributed by atoms with van der Waals surface area (Å²) >= 11 is 2.55. The maximum Gasteiger partial charge on any atom is 0.206 e. The van der Waals surface area contributed by atoms with Gasteiger partial charge in [0.15, 0.2) is 21.8 Å². The van der Waals surface area contributed by atoms with E-state index in [2.05, 4.69) is 15.5 Å². The van der Waals surface area contributed by atoms with Crippen LogP contribution in [0.3, 0.4) is 0 Å². The average Bonchev–Trinajstić information content (AvgIpc) is 2.88. The average molecular weight is 315 g/mol. The lowest BCUT2D eigenvalue weighted by Gasteiger charge is -2.08. The number of Topliss-reactive ketones (excluding diaryl/α,β-unsaturated/α-hetero) is 1. The molecule has 1 atom stereocenters. The smallest absolute Gasteiger partial charge is 0.206 e. The van der Waals surface area contributed by atoms with Gasteiger partial charge in [0.25, 0.3) is 0 Å². The maximum absolute atomic E-state index is 13.1. The predicted molar refractivity (Wildman–Crippen MR) is 75.5 cm³/mol. The van der Waals surface area contributed by atoms with Crippen molar-refractivity contribution in [2.45, 2.75) is 16.5 Å². The normalized spacial score (nSPS) is 12.2. The largest absolute Gasteiger partial charge is 0.363 e. The van der Waals surface area contributed by atoms with Crippen LogP contribution in [-0.4, -0.2) is 28.3 Å². The lowest BCUT2D eigenvalue weighted by molar-refractivity contribution is 0.0993.